The van der Waals surface area contributed by atoms with Crippen LogP contribution < -0.4 is 0 Å². The molecule has 0 atom stereocenters. The van der Waals surface area contributed by atoms with E-state index in [1.54, 1.807) is 0 Å². The van der Waals surface area contributed by atoms with E-state index >= 15 is 0 Å². The molecule has 10 aromatic rings. The SMILES string of the molecule is c1ccc(-c2c3ccccc3c(-c3ccccc3)c3cc(-c4ccc5c(c4)c4ccccc4n5-c4cccc5ccccc45)ccc23)cc1. The van der Waals surface area contributed by atoms with Gasteiger partial charge in [0.15, 0.2) is 0 Å². The van der Waals surface area contributed by atoms with Crippen LogP contribution in [0.2, 0.25) is 0 Å². The van der Waals surface area contributed by atoms with Crippen LogP contribution in [0, 0.1) is 0 Å². The van der Waals surface area contributed by atoms with E-state index in [0.717, 1.165) is 0 Å². The minimum Gasteiger partial charge on any atom is -0.309 e. The zero-order valence-corrected chi connectivity index (χ0v) is 26.8. The summed E-state index contributed by atoms with van der Waals surface area (Å²) in [5.41, 5.74) is 11.1. The van der Waals surface area contributed by atoms with Crippen molar-refractivity contribution in [1.82, 2.24) is 4.57 Å². The van der Waals surface area contributed by atoms with Crippen molar-refractivity contribution in [2.24, 2.45) is 0 Å². The van der Waals surface area contributed by atoms with Gasteiger partial charge in [0.1, 0.15) is 0 Å². The number of fused-ring (bicyclic) bond motifs is 6. The Hall–Kier alpha value is -6.44. The first-order chi connectivity index (χ1) is 24.3. The van der Waals surface area contributed by atoms with Crippen molar-refractivity contribution >= 4 is 54.1 Å². The van der Waals surface area contributed by atoms with E-state index in [1.165, 1.54) is 93.2 Å². The fraction of sp³-hybridized carbons (Fsp3) is 0. The fourth-order valence-corrected chi connectivity index (χ4v) is 8.00. The molecule has 1 heteroatoms. The van der Waals surface area contributed by atoms with Crippen LogP contribution in [0.5, 0.6) is 0 Å². The van der Waals surface area contributed by atoms with E-state index in [9.17, 15) is 0 Å². The number of para-hydroxylation sites is 1. The summed E-state index contributed by atoms with van der Waals surface area (Å²) < 4.78 is 2.43. The van der Waals surface area contributed by atoms with Crippen molar-refractivity contribution in [1.29, 1.82) is 0 Å². The third kappa shape index (κ3) is 4.33. The van der Waals surface area contributed by atoms with Gasteiger partial charge in [-0.05, 0) is 90.6 Å². The van der Waals surface area contributed by atoms with Gasteiger partial charge in [-0.1, -0.05) is 158 Å². The Labute approximate surface area is 284 Å². The van der Waals surface area contributed by atoms with Gasteiger partial charge < -0.3 is 4.57 Å². The van der Waals surface area contributed by atoms with Crippen molar-refractivity contribution in [2.75, 3.05) is 0 Å². The Morgan fingerprint density at radius 2 is 0.755 bits per heavy atom. The molecule has 1 heterocycles. The largest absolute Gasteiger partial charge is 0.309 e. The first-order valence-electron chi connectivity index (χ1n) is 16.9. The van der Waals surface area contributed by atoms with Crippen LogP contribution in [0.3, 0.4) is 0 Å². The lowest BCUT2D eigenvalue weighted by Crippen LogP contribution is -1.95. The minimum absolute atomic E-state index is 1.20. The van der Waals surface area contributed by atoms with Gasteiger partial charge in [-0.25, -0.2) is 0 Å². The Morgan fingerprint density at radius 3 is 1.47 bits per heavy atom. The summed E-state index contributed by atoms with van der Waals surface area (Å²) >= 11 is 0. The first kappa shape index (κ1) is 27.7. The summed E-state index contributed by atoms with van der Waals surface area (Å²) in [5, 5.41) is 10.1. The van der Waals surface area contributed by atoms with Crippen molar-refractivity contribution < 1.29 is 0 Å². The van der Waals surface area contributed by atoms with E-state index in [-0.39, 0.29) is 0 Å². The Kier molecular flexibility index (Phi) is 6.25. The standard InChI is InChI=1S/C48H31N/c1-3-15-33(16-4-1)47-39-22-9-10-23-40(39)48(34-17-5-2-6-18-34)43-31-35(26-28-41(43)47)36-27-29-46-42(30-36)38-21-11-12-24-45(38)49(46)44-25-13-19-32-14-7-8-20-37(32)44/h1-31H. The predicted molar refractivity (Wildman–Crippen MR) is 210 cm³/mol. The zero-order chi connectivity index (χ0) is 32.3. The molecule has 0 radical (unpaired) electrons. The quantitative estimate of drug-likeness (QED) is 0.172. The highest BCUT2D eigenvalue weighted by molar-refractivity contribution is 6.22. The Balaban J connectivity index is 1.25. The van der Waals surface area contributed by atoms with Gasteiger partial charge in [0.05, 0.1) is 16.7 Å². The molecule has 0 N–H and O–H groups in total. The highest BCUT2D eigenvalue weighted by atomic mass is 15.0. The molecule has 0 amide bonds. The maximum atomic E-state index is 2.43. The van der Waals surface area contributed by atoms with Crippen molar-refractivity contribution in [3.05, 3.63) is 188 Å². The maximum Gasteiger partial charge on any atom is 0.0541 e. The first-order valence-corrected chi connectivity index (χ1v) is 16.9. The zero-order valence-electron chi connectivity index (χ0n) is 26.8. The molecule has 0 saturated heterocycles. The predicted octanol–water partition coefficient (Wildman–Crippen LogP) is 13.2. The summed E-state index contributed by atoms with van der Waals surface area (Å²) in [4.78, 5) is 0. The molecule has 1 nitrogen and oxygen atoms in total. The second-order valence-electron chi connectivity index (χ2n) is 12.9. The van der Waals surface area contributed by atoms with Crippen molar-refractivity contribution in [2.45, 2.75) is 0 Å². The van der Waals surface area contributed by atoms with Crippen LogP contribution in [0.25, 0.3) is 93.2 Å². The number of nitrogens with zero attached hydrogens (tertiary/aromatic N) is 1. The van der Waals surface area contributed by atoms with E-state index in [0.29, 0.717) is 0 Å². The fourth-order valence-electron chi connectivity index (χ4n) is 8.00. The normalized spacial score (nSPS) is 11.7. The Morgan fingerprint density at radius 1 is 0.265 bits per heavy atom. The van der Waals surface area contributed by atoms with E-state index in [4.69, 9.17) is 0 Å². The molecule has 49 heavy (non-hydrogen) atoms. The highest BCUT2D eigenvalue weighted by Gasteiger charge is 2.19. The number of benzene rings is 9. The highest BCUT2D eigenvalue weighted by Crippen LogP contribution is 2.45. The van der Waals surface area contributed by atoms with Gasteiger partial charge in [-0.3, -0.25) is 0 Å². The lowest BCUT2D eigenvalue weighted by Gasteiger charge is -2.18. The number of hydrogen-bond acceptors (Lipinski definition) is 0. The van der Waals surface area contributed by atoms with Crippen LogP contribution in [-0.2, 0) is 0 Å². The molecule has 0 bridgehead atoms. The molecule has 0 aliphatic heterocycles. The summed E-state index contributed by atoms with van der Waals surface area (Å²) in [6.45, 7) is 0. The van der Waals surface area contributed by atoms with Gasteiger partial charge in [0, 0.05) is 16.2 Å². The molecule has 0 aliphatic rings. The Bertz CT molecular complexity index is 2850. The minimum atomic E-state index is 1.20. The van der Waals surface area contributed by atoms with Gasteiger partial charge in [-0.2, -0.15) is 0 Å². The van der Waals surface area contributed by atoms with Gasteiger partial charge in [0.25, 0.3) is 0 Å². The van der Waals surface area contributed by atoms with Gasteiger partial charge in [0.2, 0.25) is 0 Å². The van der Waals surface area contributed by atoms with Crippen LogP contribution >= 0.6 is 0 Å². The van der Waals surface area contributed by atoms with E-state index < -0.39 is 0 Å². The summed E-state index contributed by atoms with van der Waals surface area (Å²) in [5.74, 6) is 0. The van der Waals surface area contributed by atoms with E-state index in [2.05, 4.69) is 193 Å². The second kappa shape index (κ2) is 11.1. The third-order valence-corrected chi connectivity index (χ3v) is 10.2. The molecule has 10 rings (SSSR count). The van der Waals surface area contributed by atoms with Crippen LogP contribution in [0.1, 0.15) is 0 Å². The number of hydrogen-bond donors (Lipinski definition) is 0. The number of rotatable bonds is 4. The third-order valence-electron chi connectivity index (χ3n) is 10.2. The molecule has 0 fully saturated rings. The monoisotopic (exact) mass is 621 g/mol. The molecular formula is C48H31N. The molecule has 228 valence electrons. The molecule has 9 aromatic carbocycles. The van der Waals surface area contributed by atoms with Gasteiger partial charge >= 0.3 is 0 Å². The maximum absolute atomic E-state index is 2.43. The lowest BCUT2D eigenvalue weighted by atomic mass is 9.85. The molecule has 0 spiro atoms. The van der Waals surface area contributed by atoms with Crippen molar-refractivity contribution in [3.8, 4) is 39.1 Å². The molecule has 0 unspecified atom stereocenters. The lowest BCUT2D eigenvalue weighted by molar-refractivity contribution is 1.20. The summed E-state index contributed by atoms with van der Waals surface area (Å²) in [6, 6.07) is 68.7. The van der Waals surface area contributed by atoms with Crippen LogP contribution in [0.15, 0.2) is 188 Å². The number of aromatic nitrogens is 1. The van der Waals surface area contributed by atoms with E-state index in [1.807, 2.05) is 0 Å². The average molecular weight is 622 g/mol. The van der Waals surface area contributed by atoms with Gasteiger partial charge in [-0.15, -0.1) is 0 Å². The molecule has 1 aromatic heterocycles. The summed E-state index contributed by atoms with van der Waals surface area (Å²) in [6.07, 6.45) is 0. The van der Waals surface area contributed by atoms with Crippen LogP contribution in [0.4, 0.5) is 0 Å². The second-order valence-corrected chi connectivity index (χ2v) is 12.9. The average Bonchev–Trinajstić information content (AvgIpc) is 3.50. The molecule has 0 saturated carbocycles. The molecular weight excluding hydrogens is 591 g/mol. The smallest absolute Gasteiger partial charge is 0.0541 e. The van der Waals surface area contributed by atoms with Crippen molar-refractivity contribution in [3.63, 3.8) is 0 Å². The molecule has 0 aliphatic carbocycles. The topological polar surface area (TPSA) is 4.93 Å². The summed E-state index contributed by atoms with van der Waals surface area (Å²) in [7, 11) is 0. The van der Waals surface area contributed by atoms with Crippen LogP contribution in [-0.4, -0.2) is 4.57 Å².